The van der Waals surface area contributed by atoms with Gasteiger partial charge in [-0.3, -0.25) is 4.79 Å². The Morgan fingerprint density at radius 1 is 1.32 bits per heavy atom. The van der Waals surface area contributed by atoms with Crippen molar-refractivity contribution in [1.82, 2.24) is 9.62 Å². The molecule has 0 aliphatic carbocycles. The van der Waals surface area contributed by atoms with Crippen LogP contribution in [0.15, 0.2) is 0 Å². The van der Waals surface area contributed by atoms with Crippen molar-refractivity contribution >= 4 is 21.9 Å². The second-order valence-electron chi connectivity index (χ2n) is 6.79. The zero-order chi connectivity index (χ0) is 17.1. The minimum Gasteiger partial charge on any atom is -0.467 e. The van der Waals surface area contributed by atoms with Crippen LogP contribution in [0.3, 0.4) is 0 Å². The van der Waals surface area contributed by atoms with Gasteiger partial charge in [0.1, 0.15) is 6.04 Å². The SMILES string of the molecule is COC(=O)[C@@H](NC(=O)[C@@H]1CCCN(S(C)(=O)=O)C1)C(C)(C)C. The van der Waals surface area contributed by atoms with Crippen LogP contribution in [0.5, 0.6) is 0 Å². The number of hydrogen-bond acceptors (Lipinski definition) is 5. The lowest BCUT2D eigenvalue weighted by molar-refractivity contribution is -0.149. The molecule has 0 aromatic rings. The van der Waals surface area contributed by atoms with E-state index in [2.05, 4.69) is 5.32 Å². The van der Waals surface area contributed by atoms with Gasteiger partial charge in [0.2, 0.25) is 15.9 Å². The van der Waals surface area contributed by atoms with E-state index in [1.54, 1.807) is 0 Å². The number of rotatable bonds is 4. The van der Waals surface area contributed by atoms with Gasteiger partial charge in [-0.05, 0) is 18.3 Å². The highest BCUT2D eigenvalue weighted by Crippen LogP contribution is 2.23. The maximum atomic E-state index is 12.4. The molecular weight excluding hydrogens is 308 g/mol. The van der Waals surface area contributed by atoms with Crippen LogP contribution >= 0.6 is 0 Å². The summed E-state index contributed by atoms with van der Waals surface area (Å²) in [5.74, 6) is -1.26. The van der Waals surface area contributed by atoms with E-state index in [4.69, 9.17) is 4.74 Å². The second kappa shape index (κ2) is 6.95. The quantitative estimate of drug-likeness (QED) is 0.750. The molecule has 8 heteroatoms. The Bertz CT molecular complexity index is 524. The summed E-state index contributed by atoms with van der Waals surface area (Å²) < 4.78 is 29.3. The molecule has 0 saturated carbocycles. The van der Waals surface area contributed by atoms with Gasteiger partial charge in [0.05, 0.1) is 19.3 Å². The van der Waals surface area contributed by atoms with Crippen LogP contribution in [0.1, 0.15) is 33.6 Å². The van der Waals surface area contributed by atoms with E-state index >= 15 is 0 Å². The molecule has 1 saturated heterocycles. The summed E-state index contributed by atoms with van der Waals surface area (Å²) in [4.78, 5) is 24.3. The molecule has 1 amide bonds. The number of carbonyl (C=O) groups excluding carboxylic acids is 2. The van der Waals surface area contributed by atoms with Gasteiger partial charge in [0.15, 0.2) is 0 Å². The zero-order valence-corrected chi connectivity index (χ0v) is 14.7. The third-order valence-electron chi connectivity index (χ3n) is 3.81. The van der Waals surface area contributed by atoms with E-state index in [1.165, 1.54) is 11.4 Å². The first-order valence-corrected chi connectivity index (χ1v) is 9.15. The summed E-state index contributed by atoms with van der Waals surface area (Å²) in [7, 11) is -2.03. The van der Waals surface area contributed by atoms with Gasteiger partial charge in [0.25, 0.3) is 0 Å². The molecule has 2 atom stereocenters. The fraction of sp³-hybridized carbons (Fsp3) is 0.857. The molecule has 0 unspecified atom stereocenters. The molecule has 0 aromatic carbocycles. The van der Waals surface area contributed by atoms with Crippen molar-refractivity contribution in [2.24, 2.45) is 11.3 Å². The number of carbonyl (C=O) groups is 2. The van der Waals surface area contributed by atoms with Crippen LogP contribution in [-0.2, 0) is 24.3 Å². The maximum absolute atomic E-state index is 12.4. The van der Waals surface area contributed by atoms with Crippen LogP contribution in [0.2, 0.25) is 0 Å². The van der Waals surface area contributed by atoms with E-state index < -0.39 is 33.4 Å². The minimum absolute atomic E-state index is 0.155. The number of methoxy groups -OCH3 is 1. The Kier molecular flexibility index (Phi) is 5.97. The Morgan fingerprint density at radius 3 is 2.36 bits per heavy atom. The molecule has 1 fully saturated rings. The van der Waals surface area contributed by atoms with Crippen molar-refractivity contribution in [2.45, 2.75) is 39.7 Å². The fourth-order valence-corrected chi connectivity index (χ4v) is 3.38. The first-order valence-electron chi connectivity index (χ1n) is 7.30. The van der Waals surface area contributed by atoms with Gasteiger partial charge in [0, 0.05) is 13.1 Å². The number of esters is 1. The van der Waals surface area contributed by atoms with E-state index in [0.717, 1.165) is 6.26 Å². The molecule has 1 N–H and O–H groups in total. The van der Waals surface area contributed by atoms with E-state index in [-0.39, 0.29) is 12.5 Å². The van der Waals surface area contributed by atoms with E-state index in [1.807, 2.05) is 20.8 Å². The second-order valence-corrected chi connectivity index (χ2v) is 8.77. The Hall–Kier alpha value is -1.15. The summed E-state index contributed by atoms with van der Waals surface area (Å²) in [6.07, 6.45) is 2.37. The summed E-state index contributed by atoms with van der Waals surface area (Å²) >= 11 is 0. The highest BCUT2D eigenvalue weighted by molar-refractivity contribution is 7.88. The first-order chi connectivity index (χ1) is 9.96. The third kappa shape index (κ3) is 4.95. The van der Waals surface area contributed by atoms with Gasteiger partial charge in [-0.25, -0.2) is 17.5 Å². The van der Waals surface area contributed by atoms with Gasteiger partial charge >= 0.3 is 5.97 Å². The summed E-state index contributed by atoms with van der Waals surface area (Å²) in [5, 5.41) is 2.71. The van der Waals surface area contributed by atoms with Crippen molar-refractivity contribution < 1.29 is 22.7 Å². The standard InChI is InChI=1S/C14H26N2O5S/c1-14(2,3)11(13(18)21-4)15-12(17)10-7-6-8-16(9-10)22(5,19)20/h10-11H,6-9H2,1-5H3,(H,15,17)/t10-,11-/m1/s1. The number of ether oxygens (including phenoxy) is 1. The topological polar surface area (TPSA) is 92.8 Å². The molecule has 1 aliphatic rings. The monoisotopic (exact) mass is 334 g/mol. The highest BCUT2D eigenvalue weighted by atomic mass is 32.2. The predicted octanol–water partition coefficient (Wildman–Crippen LogP) is 0.362. The molecule has 0 radical (unpaired) electrons. The first kappa shape index (κ1) is 18.9. The molecule has 7 nitrogen and oxygen atoms in total. The highest BCUT2D eigenvalue weighted by Gasteiger charge is 2.37. The number of piperidine rings is 1. The van der Waals surface area contributed by atoms with E-state index in [9.17, 15) is 18.0 Å². The van der Waals surface area contributed by atoms with Crippen LogP contribution in [0.25, 0.3) is 0 Å². The average molecular weight is 334 g/mol. The van der Waals surface area contributed by atoms with E-state index in [0.29, 0.717) is 19.4 Å². The number of amides is 1. The van der Waals surface area contributed by atoms with Crippen LogP contribution in [0.4, 0.5) is 0 Å². The van der Waals surface area contributed by atoms with Crippen molar-refractivity contribution in [3.05, 3.63) is 0 Å². The summed E-state index contributed by atoms with van der Waals surface area (Å²) in [6.45, 7) is 6.08. The molecule has 1 rings (SSSR count). The number of nitrogens with zero attached hydrogens (tertiary/aromatic N) is 1. The Morgan fingerprint density at radius 2 is 1.91 bits per heavy atom. The minimum atomic E-state index is -3.31. The molecule has 0 spiro atoms. The van der Waals surface area contributed by atoms with Crippen LogP contribution < -0.4 is 5.32 Å². The summed E-state index contributed by atoms with van der Waals surface area (Å²) in [5.41, 5.74) is -0.492. The van der Waals surface area contributed by atoms with Crippen molar-refractivity contribution in [3.63, 3.8) is 0 Å². The average Bonchev–Trinajstić information content (AvgIpc) is 2.41. The molecule has 1 aliphatic heterocycles. The predicted molar refractivity (Wildman–Crippen MR) is 82.5 cm³/mol. The third-order valence-corrected chi connectivity index (χ3v) is 5.08. The molecule has 128 valence electrons. The van der Waals surface area contributed by atoms with Crippen molar-refractivity contribution in [2.75, 3.05) is 26.5 Å². The molecular formula is C14H26N2O5S. The molecule has 0 bridgehead atoms. The lowest BCUT2D eigenvalue weighted by Gasteiger charge is -2.33. The number of nitrogens with one attached hydrogen (secondary N) is 1. The fourth-order valence-electron chi connectivity index (χ4n) is 2.46. The molecule has 22 heavy (non-hydrogen) atoms. The number of sulfonamides is 1. The molecule has 1 heterocycles. The lowest BCUT2D eigenvalue weighted by Crippen LogP contribution is -2.53. The largest absolute Gasteiger partial charge is 0.467 e. The van der Waals surface area contributed by atoms with Gasteiger partial charge in [-0.1, -0.05) is 20.8 Å². The van der Waals surface area contributed by atoms with Crippen LogP contribution in [0, 0.1) is 11.3 Å². The zero-order valence-electron chi connectivity index (χ0n) is 13.9. The maximum Gasteiger partial charge on any atom is 0.328 e. The summed E-state index contributed by atoms with van der Waals surface area (Å²) in [6, 6.07) is -0.765. The van der Waals surface area contributed by atoms with Crippen molar-refractivity contribution in [1.29, 1.82) is 0 Å². The van der Waals surface area contributed by atoms with Gasteiger partial charge in [-0.2, -0.15) is 0 Å². The Balaban J connectivity index is 2.80. The normalized spacial score (nSPS) is 22.0. The van der Waals surface area contributed by atoms with Gasteiger partial charge in [-0.15, -0.1) is 0 Å². The molecule has 0 aromatic heterocycles. The smallest absolute Gasteiger partial charge is 0.328 e. The lowest BCUT2D eigenvalue weighted by atomic mass is 9.86. The Labute approximate surface area is 132 Å². The number of hydrogen-bond donors (Lipinski definition) is 1. The van der Waals surface area contributed by atoms with Gasteiger partial charge < -0.3 is 10.1 Å². The van der Waals surface area contributed by atoms with Crippen molar-refractivity contribution in [3.8, 4) is 0 Å². The van der Waals surface area contributed by atoms with Crippen LogP contribution in [-0.4, -0.2) is 57.1 Å².